The lowest BCUT2D eigenvalue weighted by atomic mass is 9.85. The molecule has 1 aromatic rings. The van der Waals surface area contributed by atoms with Gasteiger partial charge in [-0.1, -0.05) is 33.8 Å². The molecule has 1 rings (SSSR count). The maximum Gasteiger partial charge on any atom is 0.311 e. The van der Waals surface area contributed by atoms with E-state index < -0.39 is 10.3 Å². The van der Waals surface area contributed by atoms with Gasteiger partial charge in [-0.15, -0.1) is 0 Å². The largest absolute Gasteiger partial charge is 0.426 e. The molecule has 0 radical (unpaired) electrons. The van der Waals surface area contributed by atoms with Gasteiger partial charge in [0.1, 0.15) is 5.75 Å². The Kier molecular flexibility index (Phi) is 4.64. The van der Waals surface area contributed by atoms with E-state index in [9.17, 15) is 14.9 Å². The molecule has 5 nitrogen and oxygen atoms in total. The first-order valence-corrected chi connectivity index (χ1v) is 6.26. The molecule has 0 aliphatic rings. The van der Waals surface area contributed by atoms with E-state index in [-0.39, 0.29) is 17.4 Å². The molecule has 0 saturated heterocycles. The van der Waals surface area contributed by atoms with Crippen molar-refractivity contribution in [2.45, 2.75) is 46.0 Å². The van der Waals surface area contributed by atoms with Crippen LogP contribution in [0.5, 0.6) is 5.75 Å². The number of rotatable bonds is 4. The van der Waals surface area contributed by atoms with Gasteiger partial charge < -0.3 is 4.74 Å². The number of esters is 1. The minimum atomic E-state index is -0.481. The van der Waals surface area contributed by atoms with Crippen LogP contribution in [-0.4, -0.2) is 10.9 Å². The molecular formula is C14H19NO4. The highest BCUT2D eigenvalue weighted by atomic mass is 16.6. The van der Waals surface area contributed by atoms with Crippen molar-refractivity contribution in [2.24, 2.45) is 0 Å². The first-order chi connectivity index (χ1) is 8.77. The number of hydrogen-bond donors (Lipinski definition) is 0. The van der Waals surface area contributed by atoms with Gasteiger partial charge in [0, 0.05) is 12.5 Å². The summed E-state index contributed by atoms with van der Waals surface area (Å²) >= 11 is 0. The molecule has 0 N–H and O–H groups in total. The molecule has 0 heterocycles. The van der Waals surface area contributed by atoms with Gasteiger partial charge >= 0.3 is 5.97 Å². The van der Waals surface area contributed by atoms with E-state index in [2.05, 4.69) is 0 Å². The normalized spacial score (nSPS) is 11.2. The van der Waals surface area contributed by atoms with Crippen LogP contribution in [0.15, 0.2) is 18.2 Å². The van der Waals surface area contributed by atoms with E-state index in [1.165, 1.54) is 12.1 Å². The minimum Gasteiger partial charge on any atom is -0.426 e. The molecule has 0 aliphatic heterocycles. The van der Waals surface area contributed by atoms with Crippen molar-refractivity contribution in [3.8, 4) is 5.75 Å². The van der Waals surface area contributed by atoms with Gasteiger partial charge in [0.25, 0.3) is 5.69 Å². The predicted octanol–water partition coefficient (Wildman–Crippen LogP) is 3.60. The lowest BCUT2D eigenvalue weighted by Crippen LogP contribution is -2.18. The smallest absolute Gasteiger partial charge is 0.311 e. The Morgan fingerprint density at radius 3 is 2.47 bits per heavy atom. The van der Waals surface area contributed by atoms with Crippen LogP contribution in [0.3, 0.4) is 0 Å². The number of carbonyl (C=O) groups is 1. The van der Waals surface area contributed by atoms with E-state index in [1.807, 2.05) is 27.7 Å². The standard InChI is InChI=1S/C14H19NO4/c1-5-7-12(16)19-11-9-6-8-10(15(17)18)13(11)14(2,3)4/h6,8-9H,5,7H2,1-4H3. The molecule has 0 saturated carbocycles. The van der Waals surface area contributed by atoms with Gasteiger partial charge in [0.05, 0.1) is 10.5 Å². The zero-order chi connectivity index (χ0) is 14.6. The van der Waals surface area contributed by atoms with Gasteiger partial charge in [0.15, 0.2) is 0 Å². The second kappa shape index (κ2) is 5.82. The van der Waals surface area contributed by atoms with Gasteiger partial charge in [-0.2, -0.15) is 0 Å². The first-order valence-electron chi connectivity index (χ1n) is 6.26. The van der Waals surface area contributed by atoms with Crippen LogP contribution in [0.4, 0.5) is 5.69 Å². The number of nitrogens with zero attached hydrogens (tertiary/aromatic N) is 1. The second-order valence-electron chi connectivity index (χ2n) is 5.38. The Labute approximate surface area is 112 Å². The average molecular weight is 265 g/mol. The molecule has 0 unspecified atom stereocenters. The average Bonchev–Trinajstić information content (AvgIpc) is 2.27. The Bertz CT molecular complexity index is 489. The van der Waals surface area contributed by atoms with Gasteiger partial charge in [-0.25, -0.2) is 0 Å². The fourth-order valence-electron chi connectivity index (χ4n) is 1.89. The molecule has 0 bridgehead atoms. The summed E-state index contributed by atoms with van der Waals surface area (Å²) in [5, 5.41) is 11.1. The van der Waals surface area contributed by atoms with Crippen molar-refractivity contribution in [3.05, 3.63) is 33.9 Å². The molecule has 1 aromatic carbocycles. The van der Waals surface area contributed by atoms with Crippen LogP contribution in [0.2, 0.25) is 0 Å². The van der Waals surface area contributed by atoms with E-state index in [0.29, 0.717) is 18.4 Å². The number of hydrogen-bond acceptors (Lipinski definition) is 4. The molecule has 5 heteroatoms. The third kappa shape index (κ3) is 3.77. The summed E-state index contributed by atoms with van der Waals surface area (Å²) < 4.78 is 5.26. The van der Waals surface area contributed by atoms with E-state index in [4.69, 9.17) is 4.74 Å². The Morgan fingerprint density at radius 2 is 2.00 bits per heavy atom. The van der Waals surface area contributed by atoms with Crippen LogP contribution in [-0.2, 0) is 10.2 Å². The zero-order valence-corrected chi connectivity index (χ0v) is 11.7. The molecule has 19 heavy (non-hydrogen) atoms. The number of nitro groups is 1. The molecular weight excluding hydrogens is 246 g/mol. The highest BCUT2D eigenvalue weighted by Crippen LogP contribution is 2.38. The molecule has 0 atom stereocenters. The van der Waals surface area contributed by atoms with Gasteiger partial charge in [-0.3, -0.25) is 14.9 Å². The fourth-order valence-corrected chi connectivity index (χ4v) is 1.89. The summed E-state index contributed by atoms with van der Waals surface area (Å²) in [6.45, 7) is 7.44. The summed E-state index contributed by atoms with van der Waals surface area (Å²) in [4.78, 5) is 22.2. The fraction of sp³-hybridized carbons (Fsp3) is 0.500. The van der Waals surface area contributed by atoms with Crippen LogP contribution in [0, 0.1) is 10.1 Å². The predicted molar refractivity (Wildman–Crippen MR) is 72.3 cm³/mol. The first kappa shape index (κ1) is 15.1. The number of ether oxygens (including phenoxy) is 1. The Balaban J connectivity index is 3.28. The highest BCUT2D eigenvalue weighted by Gasteiger charge is 2.29. The van der Waals surface area contributed by atoms with Gasteiger partial charge in [0.2, 0.25) is 0 Å². The zero-order valence-electron chi connectivity index (χ0n) is 11.7. The van der Waals surface area contributed by atoms with E-state index >= 15 is 0 Å². The quantitative estimate of drug-likeness (QED) is 0.361. The third-order valence-corrected chi connectivity index (χ3v) is 2.63. The van der Waals surface area contributed by atoms with Crippen molar-refractivity contribution in [2.75, 3.05) is 0 Å². The van der Waals surface area contributed by atoms with Crippen molar-refractivity contribution in [1.29, 1.82) is 0 Å². The summed E-state index contributed by atoms with van der Waals surface area (Å²) in [5.41, 5.74) is -0.0513. The maximum atomic E-state index is 11.6. The number of benzene rings is 1. The van der Waals surface area contributed by atoms with Crippen molar-refractivity contribution in [1.82, 2.24) is 0 Å². The maximum absolute atomic E-state index is 11.6. The monoisotopic (exact) mass is 265 g/mol. The molecule has 0 aliphatic carbocycles. The Morgan fingerprint density at radius 1 is 1.37 bits per heavy atom. The minimum absolute atomic E-state index is 0.0192. The summed E-state index contributed by atoms with van der Waals surface area (Å²) in [6.07, 6.45) is 0.977. The topological polar surface area (TPSA) is 69.4 Å². The van der Waals surface area contributed by atoms with E-state index in [0.717, 1.165) is 0 Å². The van der Waals surface area contributed by atoms with E-state index in [1.54, 1.807) is 6.07 Å². The lowest BCUT2D eigenvalue weighted by Gasteiger charge is -2.21. The Hall–Kier alpha value is -1.91. The van der Waals surface area contributed by atoms with Crippen molar-refractivity contribution < 1.29 is 14.5 Å². The number of carbonyl (C=O) groups excluding carboxylic acids is 1. The molecule has 0 amide bonds. The molecule has 0 aromatic heterocycles. The van der Waals surface area contributed by atoms with Crippen molar-refractivity contribution >= 4 is 11.7 Å². The van der Waals surface area contributed by atoms with Crippen molar-refractivity contribution in [3.63, 3.8) is 0 Å². The SMILES string of the molecule is CCCC(=O)Oc1cccc([N+](=O)[O-])c1C(C)(C)C. The summed E-state index contributed by atoms with van der Waals surface area (Å²) in [7, 11) is 0. The summed E-state index contributed by atoms with van der Waals surface area (Å²) in [6, 6.07) is 4.56. The highest BCUT2D eigenvalue weighted by molar-refractivity contribution is 5.73. The summed E-state index contributed by atoms with van der Waals surface area (Å²) in [5.74, 6) is -0.0892. The van der Waals surface area contributed by atoms with Crippen LogP contribution in [0.1, 0.15) is 46.1 Å². The number of nitro benzene ring substituents is 1. The van der Waals surface area contributed by atoms with Gasteiger partial charge in [-0.05, 0) is 17.9 Å². The van der Waals surface area contributed by atoms with Crippen LogP contribution in [0.25, 0.3) is 0 Å². The molecule has 0 spiro atoms. The van der Waals surface area contributed by atoms with Crippen LogP contribution < -0.4 is 4.74 Å². The second-order valence-corrected chi connectivity index (χ2v) is 5.38. The third-order valence-electron chi connectivity index (χ3n) is 2.63. The molecule has 0 fully saturated rings. The van der Waals surface area contributed by atoms with Crippen LogP contribution >= 0.6 is 0 Å². The molecule has 104 valence electrons. The lowest BCUT2D eigenvalue weighted by molar-refractivity contribution is -0.386.